The highest BCUT2D eigenvalue weighted by molar-refractivity contribution is 5.83. The molecule has 0 bridgehead atoms. The van der Waals surface area contributed by atoms with E-state index in [2.05, 4.69) is 0 Å². The van der Waals surface area contributed by atoms with Gasteiger partial charge in [0.2, 0.25) is 0 Å². The zero-order valence-electron chi connectivity index (χ0n) is 9.91. The van der Waals surface area contributed by atoms with Crippen LogP contribution in [-0.2, 0) is 19.2 Å². The number of carboxylic acids is 4. The molecular weight excluding hydrogens is 286 g/mol. The van der Waals surface area contributed by atoms with Gasteiger partial charge in [-0.2, -0.15) is 0 Å². The number of aliphatic hydroxyl groups is 3. The first-order valence-electron chi connectivity index (χ1n) is 4.45. The maximum atomic E-state index is 9.77. The van der Waals surface area contributed by atoms with Crippen molar-refractivity contribution in [2.75, 3.05) is 0 Å². The zero-order valence-corrected chi connectivity index (χ0v) is 9.91. The van der Waals surface area contributed by atoms with Crippen molar-refractivity contribution in [2.45, 2.75) is 24.7 Å². The minimum Gasteiger partial charge on any atom is -0.481 e. The standard InChI is InChI=1S/C4H6O6.C4H6O5.H3N/c5-1(3(7)8)2(6)4(9)10;5-2(4(8)9)1-3(6)7;/h1-2,5-6H,(H,7,8)(H,9,10);2,5H,1H2,(H,6,7)(H,8,9);1H3. The Morgan fingerprint density at radius 3 is 1.10 bits per heavy atom. The number of hydrogen-bond donors (Lipinski definition) is 8. The van der Waals surface area contributed by atoms with Crippen molar-refractivity contribution < 1.29 is 54.9 Å². The molecule has 0 aliphatic carbocycles. The molecule has 10 N–H and O–H groups in total. The van der Waals surface area contributed by atoms with Crippen LogP contribution >= 0.6 is 0 Å². The molecule has 0 spiro atoms. The van der Waals surface area contributed by atoms with Gasteiger partial charge in [0, 0.05) is 0 Å². The van der Waals surface area contributed by atoms with Gasteiger partial charge in [-0.1, -0.05) is 0 Å². The van der Waals surface area contributed by atoms with Crippen molar-refractivity contribution >= 4 is 23.9 Å². The normalized spacial score (nSPS) is 13.6. The van der Waals surface area contributed by atoms with Crippen molar-refractivity contribution in [2.24, 2.45) is 0 Å². The van der Waals surface area contributed by atoms with Gasteiger partial charge in [0.15, 0.2) is 18.3 Å². The molecule has 118 valence electrons. The molecule has 0 fully saturated rings. The predicted octanol–water partition coefficient (Wildman–Crippen LogP) is -3.05. The molecular formula is C8H15NO11. The lowest BCUT2D eigenvalue weighted by Gasteiger charge is -2.07. The summed E-state index contributed by atoms with van der Waals surface area (Å²) in [7, 11) is 0. The summed E-state index contributed by atoms with van der Waals surface area (Å²) in [6.45, 7) is 0. The van der Waals surface area contributed by atoms with E-state index in [0.29, 0.717) is 0 Å². The summed E-state index contributed by atoms with van der Waals surface area (Å²) in [6, 6.07) is 0. The maximum absolute atomic E-state index is 9.77. The molecule has 3 unspecified atom stereocenters. The Kier molecular flexibility index (Phi) is 12.1. The fourth-order valence-corrected chi connectivity index (χ4v) is 0.523. The highest BCUT2D eigenvalue weighted by Crippen LogP contribution is 1.92. The Hall–Kier alpha value is -2.28. The van der Waals surface area contributed by atoms with Crippen LogP contribution in [0, 0.1) is 0 Å². The first-order valence-corrected chi connectivity index (χ1v) is 4.45. The van der Waals surface area contributed by atoms with E-state index in [1.54, 1.807) is 0 Å². The molecule has 3 atom stereocenters. The van der Waals surface area contributed by atoms with Crippen LogP contribution in [0.5, 0.6) is 0 Å². The number of hydrogen-bond acceptors (Lipinski definition) is 8. The number of carboxylic acid groups (broad SMARTS) is 4. The van der Waals surface area contributed by atoms with Crippen molar-refractivity contribution in [1.82, 2.24) is 6.15 Å². The lowest BCUT2D eigenvalue weighted by Crippen LogP contribution is -2.39. The van der Waals surface area contributed by atoms with Crippen molar-refractivity contribution in [1.29, 1.82) is 0 Å². The third-order valence-corrected chi connectivity index (χ3v) is 1.46. The Bertz CT molecular complexity index is 336. The largest absolute Gasteiger partial charge is 0.481 e. The van der Waals surface area contributed by atoms with E-state index in [0.717, 1.165) is 0 Å². The van der Waals surface area contributed by atoms with E-state index in [-0.39, 0.29) is 6.15 Å². The molecule has 0 saturated heterocycles. The minimum atomic E-state index is -2.27. The second kappa shape index (κ2) is 10.6. The molecule has 0 radical (unpaired) electrons. The average molecular weight is 301 g/mol. The third-order valence-electron chi connectivity index (χ3n) is 1.46. The quantitative estimate of drug-likeness (QED) is 0.243. The topological polar surface area (TPSA) is 245 Å². The van der Waals surface area contributed by atoms with Crippen LogP contribution in [-0.4, -0.2) is 77.9 Å². The van der Waals surface area contributed by atoms with Gasteiger partial charge in [0.25, 0.3) is 0 Å². The van der Waals surface area contributed by atoms with Gasteiger partial charge >= 0.3 is 23.9 Å². The minimum absolute atomic E-state index is 0. The molecule has 0 saturated carbocycles. The van der Waals surface area contributed by atoms with Crippen LogP contribution in [0.3, 0.4) is 0 Å². The monoisotopic (exact) mass is 301 g/mol. The van der Waals surface area contributed by atoms with Gasteiger partial charge in [0.1, 0.15) is 0 Å². The molecule has 0 aromatic heterocycles. The smallest absolute Gasteiger partial charge is 0.335 e. The van der Waals surface area contributed by atoms with Gasteiger partial charge in [-0.15, -0.1) is 0 Å². The van der Waals surface area contributed by atoms with Gasteiger partial charge in [-0.3, -0.25) is 4.79 Å². The lowest BCUT2D eigenvalue weighted by molar-refractivity contribution is -0.165. The molecule has 12 nitrogen and oxygen atoms in total. The summed E-state index contributed by atoms with van der Waals surface area (Å²) < 4.78 is 0. The summed E-state index contributed by atoms with van der Waals surface area (Å²) in [6.07, 6.45) is -7.08. The molecule has 0 heterocycles. The van der Waals surface area contributed by atoms with Gasteiger partial charge in [0.05, 0.1) is 6.42 Å². The fraction of sp³-hybridized carbons (Fsp3) is 0.500. The van der Waals surface area contributed by atoms with E-state index in [1.807, 2.05) is 0 Å². The SMILES string of the molecule is N.O=C(O)C(O)C(O)C(=O)O.O=C(O)CC(O)C(=O)O. The van der Waals surface area contributed by atoms with Crippen LogP contribution in [0.2, 0.25) is 0 Å². The van der Waals surface area contributed by atoms with Crippen molar-refractivity contribution in [3.05, 3.63) is 0 Å². The zero-order chi connectivity index (χ0) is 15.7. The van der Waals surface area contributed by atoms with Crippen LogP contribution in [0.1, 0.15) is 6.42 Å². The molecule has 0 aromatic carbocycles. The Morgan fingerprint density at radius 2 is 1.00 bits per heavy atom. The first kappa shape index (κ1) is 22.9. The third kappa shape index (κ3) is 10.8. The number of aliphatic hydroxyl groups excluding tert-OH is 3. The summed E-state index contributed by atoms with van der Waals surface area (Å²) in [5.41, 5.74) is 0. The maximum Gasteiger partial charge on any atom is 0.335 e. The van der Waals surface area contributed by atoms with E-state index in [4.69, 9.17) is 35.7 Å². The van der Waals surface area contributed by atoms with Gasteiger partial charge in [-0.25, -0.2) is 14.4 Å². The molecule has 0 rings (SSSR count). The molecule has 0 aliphatic heterocycles. The van der Waals surface area contributed by atoms with Crippen LogP contribution in [0.4, 0.5) is 0 Å². The highest BCUT2D eigenvalue weighted by Gasteiger charge is 2.29. The average Bonchev–Trinajstić information content (AvgIpc) is 2.26. The number of carbonyl (C=O) groups is 4. The Balaban J connectivity index is -0.000000277. The molecule has 0 amide bonds. The highest BCUT2D eigenvalue weighted by atomic mass is 16.4. The molecule has 0 aliphatic rings. The number of rotatable bonds is 6. The second-order valence-electron chi connectivity index (χ2n) is 3.02. The summed E-state index contributed by atoms with van der Waals surface area (Å²) in [5.74, 6) is -6.38. The predicted molar refractivity (Wildman–Crippen MR) is 58.2 cm³/mol. The van der Waals surface area contributed by atoms with Crippen LogP contribution in [0.15, 0.2) is 0 Å². The Morgan fingerprint density at radius 1 is 0.700 bits per heavy atom. The second-order valence-corrected chi connectivity index (χ2v) is 3.02. The van der Waals surface area contributed by atoms with Crippen molar-refractivity contribution in [3.63, 3.8) is 0 Å². The van der Waals surface area contributed by atoms with E-state index >= 15 is 0 Å². The molecule has 20 heavy (non-hydrogen) atoms. The number of aliphatic carboxylic acids is 4. The van der Waals surface area contributed by atoms with E-state index < -0.39 is 48.6 Å². The first-order chi connectivity index (χ1) is 8.50. The van der Waals surface area contributed by atoms with Gasteiger partial charge < -0.3 is 41.9 Å². The van der Waals surface area contributed by atoms with Crippen LogP contribution < -0.4 is 6.15 Å². The molecule has 12 heteroatoms. The molecule has 0 aromatic rings. The van der Waals surface area contributed by atoms with Crippen LogP contribution in [0.25, 0.3) is 0 Å². The Labute approximate surface area is 111 Å². The lowest BCUT2D eigenvalue weighted by atomic mass is 10.2. The fourth-order valence-electron chi connectivity index (χ4n) is 0.523. The summed E-state index contributed by atoms with van der Waals surface area (Å²) in [5, 5.41) is 56.7. The van der Waals surface area contributed by atoms with E-state index in [9.17, 15) is 19.2 Å². The van der Waals surface area contributed by atoms with Crippen molar-refractivity contribution in [3.8, 4) is 0 Å². The summed E-state index contributed by atoms with van der Waals surface area (Å²) >= 11 is 0. The summed E-state index contributed by atoms with van der Waals surface area (Å²) in [4.78, 5) is 39.0. The van der Waals surface area contributed by atoms with Gasteiger partial charge in [-0.05, 0) is 0 Å². The van der Waals surface area contributed by atoms with E-state index in [1.165, 1.54) is 0 Å².